The van der Waals surface area contributed by atoms with Crippen LogP contribution in [-0.2, 0) is 28.2 Å². The van der Waals surface area contributed by atoms with Crippen molar-refractivity contribution in [3.8, 4) is 0 Å². The number of hydrogen-bond donors (Lipinski definition) is 3. The number of unbranched alkanes of at least 4 members (excludes halogenated alkanes) is 17. The van der Waals surface area contributed by atoms with Crippen LogP contribution in [0.15, 0.2) is 60.8 Å². The van der Waals surface area contributed by atoms with Crippen molar-refractivity contribution in [1.82, 2.24) is 0 Å². The van der Waals surface area contributed by atoms with Crippen LogP contribution >= 0.6 is 7.82 Å². The molecule has 0 aromatic rings. The number of carbonyl (C=O) groups excluding carboxylic acids is 2. The minimum Gasteiger partial charge on any atom is -0.462 e. The van der Waals surface area contributed by atoms with Crippen LogP contribution in [0.1, 0.15) is 187 Å². The van der Waals surface area contributed by atoms with E-state index in [0.29, 0.717) is 19.3 Å². The van der Waals surface area contributed by atoms with Crippen molar-refractivity contribution in [3.05, 3.63) is 60.8 Å². The maximum Gasteiger partial charge on any atom is 0.469 e. The number of hydrogen-bond acceptors (Lipinski definition) is 7. The molecule has 0 heterocycles. The minimum atomic E-state index is -4.78. The molecule has 10 heteroatoms. The molecular formula is C45H79O9P. The number of allylic oxidation sites excluding steroid dienone is 9. The fourth-order valence-electron chi connectivity index (χ4n) is 5.79. The molecule has 0 aliphatic carbocycles. The number of ether oxygens (including phenoxy) is 2. The predicted molar refractivity (Wildman–Crippen MR) is 227 cm³/mol. The van der Waals surface area contributed by atoms with Gasteiger partial charge in [-0.3, -0.25) is 14.1 Å². The largest absolute Gasteiger partial charge is 0.469 e. The summed E-state index contributed by atoms with van der Waals surface area (Å²) in [5.41, 5.74) is 0. The highest BCUT2D eigenvalue weighted by atomic mass is 31.2. The number of phosphoric ester groups is 1. The lowest BCUT2D eigenvalue weighted by molar-refractivity contribution is -0.161. The van der Waals surface area contributed by atoms with E-state index in [4.69, 9.17) is 19.3 Å². The Morgan fingerprint density at radius 1 is 0.545 bits per heavy atom. The number of aliphatic hydroxyl groups is 1. The van der Waals surface area contributed by atoms with Gasteiger partial charge in [-0.2, -0.15) is 0 Å². The Bertz CT molecular complexity index is 1090. The molecule has 0 aromatic carbocycles. The van der Waals surface area contributed by atoms with Crippen LogP contribution in [0.25, 0.3) is 0 Å². The molecule has 0 aliphatic heterocycles. The molecular weight excluding hydrogens is 715 g/mol. The highest BCUT2D eigenvalue weighted by Gasteiger charge is 2.22. The predicted octanol–water partition coefficient (Wildman–Crippen LogP) is 12.3. The standard InChI is InChI=1S/C45H79O9P/c1-3-5-7-8-9-10-11-12-13-14-15-16-17-18-23-26-29-32-35-39-45(48)54-43(41-53-55(49,50)51)40-52-44(47)38-34-31-28-25-22-20-19-21-24-27-30-33-37-42(46)36-6-4-2/h12-13,19-20,24-25,27-28,33,37,42-43,46H,3-11,14-18,21-23,26,29-32,34-36,38-41H2,1-2H3,(H2,49,50,51)/b13-12-,20-19-,27-24-,28-25-,37-33-/t42-,43+/m0/s1. The minimum absolute atomic E-state index is 0.172. The van der Waals surface area contributed by atoms with Gasteiger partial charge in [0.1, 0.15) is 6.61 Å². The summed E-state index contributed by atoms with van der Waals surface area (Å²) in [6.45, 7) is 3.48. The van der Waals surface area contributed by atoms with Crippen molar-refractivity contribution in [1.29, 1.82) is 0 Å². The Morgan fingerprint density at radius 2 is 1.00 bits per heavy atom. The highest BCUT2D eigenvalue weighted by Crippen LogP contribution is 2.36. The summed E-state index contributed by atoms with van der Waals surface area (Å²) in [4.78, 5) is 42.9. The first kappa shape index (κ1) is 52.7. The van der Waals surface area contributed by atoms with E-state index in [-0.39, 0.29) is 25.6 Å². The van der Waals surface area contributed by atoms with Gasteiger partial charge in [-0.1, -0.05) is 164 Å². The van der Waals surface area contributed by atoms with E-state index >= 15 is 0 Å². The van der Waals surface area contributed by atoms with E-state index in [0.717, 1.165) is 57.8 Å². The van der Waals surface area contributed by atoms with Crippen LogP contribution in [-0.4, -0.2) is 52.3 Å². The molecule has 0 fully saturated rings. The summed E-state index contributed by atoms with van der Waals surface area (Å²) in [6, 6.07) is 0. The second kappa shape index (κ2) is 39.9. The van der Waals surface area contributed by atoms with Gasteiger partial charge in [0, 0.05) is 12.8 Å². The molecule has 0 rings (SSSR count). The SMILES string of the molecule is CCCCCCCC/C=C\CCCCCCCCCCCC(=O)O[C@H](COC(=O)CCC/C=C\C/C=C\C/C=C\C/C=C\[C@@H](O)CCCC)COP(=O)(O)O. The summed E-state index contributed by atoms with van der Waals surface area (Å²) in [7, 11) is -4.78. The van der Waals surface area contributed by atoms with Gasteiger partial charge in [-0.05, 0) is 70.6 Å². The van der Waals surface area contributed by atoms with Crippen LogP contribution in [0, 0.1) is 0 Å². The van der Waals surface area contributed by atoms with E-state index in [1.807, 2.05) is 24.3 Å². The third-order valence-electron chi connectivity index (χ3n) is 9.08. The molecule has 0 unspecified atom stereocenters. The van der Waals surface area contributed by atoms with Crippen LogP contribution in [0.2, 0.25) is 0 Å². The molecule has 0 saturated heterocycles. The first-order chi connectivity index (χ1) is 26.7. The lowest BCUT2D eigenvalue weighted by Gasteiger charge is -2.18. The van der Waals surface area contributed by atoms with Gasteiger partial charge in [0.2, 0.25) is 0 Å². The molecule has 0 radical (unpaired) electrons. The van der Waals surface area contributed by atoms with Crippen molar-refractivity contribution in [2.24, 2.45) is 0 Å². The molecule has 55 heavy (non-hydrogen) atoms. The van der Waals surface area contributed by atoms with Gasteiger partial charge in [-0.25, -0.2) is 4.57 Å². The summed E-state index contributed by atoms with van der Waals surface area (Å²) < 4.78 is 26.3. The zero-order chi connectivity index (χ0) is 40.5. The average molecular weight is 795 g/mol. The zero-order valence-corrected chi connectivity index (χ0v) is 35.6. The van der Waals surface area contributed by atoms with E-state index in [9.17, 15) is 19.3 Å². The number of carbonyl (C=O) groups is 2. The topological polar surface area (TPSA) is 140 Å². The summed E-state index contributed by atoms with van der Waals surface area (Å²) in [5, 5.41) is 9.79. The Morgan fingerprint density at radius 3 is 1.56 bits per heavy atom. The molecule has 0 aromatic heterocycles. The lowest BCUT2D eigenvalue weighted by Crippen LogP contribution is -2.29. The molecule has 0 amide bonds. The van der Waals surface area contributed by atoms with Crippen molar-refractivity contribution < 1.29 is 43.0 Å². The molecule has 0 saturated carbocycles. The van der Waals surface area contributed by atoms with Crippen LogP contribution < -0.4 is 0 Å². The smallest absolute Gasteiger partial charge is 0.462 e. The second-order valence-electron chi connectivity index (χ2n) is 14.5. The van der Waals surface area contributed by atoms with Gasteiger partial charge < -0.3 is 24.4 Å². The Kier molecular flexibility index (Phi) is 38.3. The van der Waals surface area contributed by atoms with E-state index in [1.165, 1.54) is 83.5 Å². The quantitative estimate of drug-likeness (QED) is 0.0240. The third-order valence-corrected chi connectivity index (χ3v) is 9.56. The van der Waals surface area contributed by atoms with Gasteiger partial charge >= 0.3 is 19.8 Å². The van der Waals surface area contributed by atoms with Gasteiger partial charge in [-0.15, -0.1) is 0 Å². The molecule has 0 bridgehead atoms. The van der Waals surface area contributed by atoms with Gasteiger partial charge in [0.05, 0.1) is 12.7 Å². The summed E-state index contributed by atoms with van der Waals surface area (Å²) >= 11 is 0. The Labute approximate surface area is 335 Å². The van der Waals surface area contributed by atoms with Gasteiger partial charge in [0.15, 0.2) is 6.10 Å². The fourth-order valence-corrected chi connectivity index (χ4v) is 6.15. The van der Waals surface area contributed by atoms with Gasteiger partial charge in [0.25, 0.3) is 0 Å². The van der Waals surface area contributed by atoms with Crippen LogP contribution in [0.3, 0.4) is 0 Å². The first-order valence-electron chi connectivity index (χ1n) is 21.7. The summed E-state index contributed by atoms with van der Waals surface area (Å²) in [6.07, 6.45) is 47.1. The van der Waals surface area contributed by atoms with Crippen molar-refractivity contribution >= 4 is 19.8 Å². The maximum absolute atomic E-state index is 12.4. The van der Waals surface area contributed by atoms with Crippen molar-refractivity contribution in [3.63, 3.8) is 0 Å². The van der Waals surface area contributed by atoms with Crippen LogP contribution in [0.4, 0.5) is 0 Å². The number of aliphatic hydroxyl groups excluding tert-OH is 1. The second-order valence-corrected chi connectivity index (χ2v) is 15.7. The van der Waals surface area contributed by atoms with E-state index in [1.54, 1.807) is 0 Å². The van der Waals surface area contributed by atoms with E-state index < -0.39 is 32.5 Å². The fraction of sp³-hybridized carbons (Fsp3) is 0.733. The van der Waals surface area contributed by atoms with Crippen LogP contribution in [0.5, 0.6) is 0 Å². The van der Waals surface area contributed by atoms with Crippen molar-refractivity contribution in [2.75, 3.05) is 13.2 Å². The maximum atomic E-state index is 12.4. The zero-order valence-electron chi connectivity index (χ0n) is 34.7. The Hall–Kier alpha value is -2.29. The molecule has 9 nitrogen and oxygen atoms in total. The molecule has 2 atom stereocenters. The molecule has 0 aliphatic rings. The van der Waals surface area contributed by atoms with Crippen molar-refractivity contribution in [2.45, 2.75) is 199 Å². The number of phosphoric acid groups is 1. The van der Waals surface area contributed by atoms with E-state index in [2.05, 4.69) is 54.8 Å². The normalized spacial score (nSPS) is 13.6. The first-order valence-corrected chi connectivity index (χ1v) is 23.2. The monoisotopic (exact) mass is 795 g/mol. The Balaban J connectivity index is 4.02. The third kappa shape index (κ3) is 42.7. The summed E-state index contributed by atoms with van der Waals surface area (Å²) in [5.74, 6) is -0.976. The lowest BCUT2D eigenvalue weighted by atomic mass is 10.1. The molecule has 318 valence electrons. The number of rotatable bonds is 39. The average Bonchev–Trinajstić information content (AvgIpc) is 3.15. The molecule has 3 N–H and O–H groups in total. The highest BCUT2D eigenvalue weighted by molar-refractivity contribution is 7.46. The molecule has 0 spiro atoms. The number of esters is 2.